The maximum absolute atomic E-state index is 2.37. The molecule has 1 aliphatic rings. The lowest BCUT2D eigenvalue weighted by Gasteiger charge is -2.11. The zero-order chi connectivity index (χ0) is 9.26. The number of anilines is 1. The number of benzene rings is 1. The first-order valence-electron chi connectivity index (χ1n) is 5.13. The molecule has 70 valence electrons. The molecule has 1 aliphatic heterocycles. The standard InChI is InChI=1S/C12H17N/c1-3-6-10-9-13(2)12-8-5-4-7-11(10)12/h4-5,7-8,10H,3,6,9H2,1-2H3. The Hall–Kier alpha value is -0.980. The number of likely N-dealkylation sites (N-methyl/N-ethyl adjacent to an activating group) is 1. The molecule has 1 heteroatoms. The number of nitrogens with zero attached hydrogens (tertiary/aromatic N) is 1. The molecule has 1 nitrogen and oxygen atoms in total. The monoisotopic (exact) mass is 175 g/mol. The Morgan fingerprint density at radius 3 is 2.92 bits per heavy atom. The Balaban J connectivity index is 2.30. The van der Waals surface area contributed by atoms with Gasteiger partial charge in [0.2, 0.25) is 0 Å². The molecule has 1 aromatic rings. The minimum atomic E-state index is 0.770. The maximum atomic E-state index is 2.37. The van der Waals surface area contributed by atoms with Gasteiger partial charge in [-0.2, -0.15) is 0 Å². The summed E-state index contributed by atoms with van der Waals surface area (Å²) in [4.78, 5) is 2.37. The molecule has 0 amide bonds. The zero-order valence-electron chi connectivity index (χ0n) is 8.46. The summed E-state index contributed by atoms with van der Waals surface area (Å²) in [6.07, 6.45) is 2.61. The van der Waals surface area contributed by atoms with Crippen LogP contribution in [-0.2, 0) is 0 Å². The molecule has 0 spiro atoms. The fraction of sp³-hybridized carbons (Fsp3) is 0.500. The molecular formula is C12H17N. The molecule has 0 bridgehead atoms. The van der Waals surface area contributed by atoms with Crippen molar-refractivity contribution in [2.24, 2.45) is 0 Å². The fourth-order valence-corrected chi connectivity index (χ4v) is 2.30. The van der Waals surface area contributed by atoms with Crippen LogP contribution in [0.25, 0.3) is 0 Å². The van der Waals surface area contributed by atoms with Crippen molar-refractivity contribution in [3.8, 4) is 0 Å². The third-order valence-corrected chi connectivity index (χ3v) is 2.92. The molecule has 2 rings (SSSR count). The zero-order valence-corrected chi connectivity index (χ0v) is 8.46. The predicted molar refractivity (Wildman–Crippen MR) is 57.4 cm³/mol. The van der Waals surface area contributed by atoms with Crippen molar-refractivity contribution in [1.82, 2.24) is 0 Å². The van der Waals surface area contributed by atoms with Crippen LogP contribution in [0.1, 0.15) is 31.2 Å². The molecule has 0 saturated heterocycles. The first-order valence-corrected chi connectivity index (χ1v) is 5.13. The third kappa shape index (κ3) is 1.43. The minimum absolute atomic E-state index is 0.770. The molecule has 0 N–H and O–H groups in total. The Morgan fingerprint density at radius 2 is 2.15 bits per heavy atom. The van der Waals surface area contributed by atoms with E-state index in [9.17, 15) is 0 Å². The van der Waals surface area contributed by atoms with Crippen molar-refractivity contribution in [3.63, 3.8) is 0 Å². The van der Waals surface area contributed by atoms with Crippen LogP contribution in [0.3, 0.4) is 0 Å². The summed E-state index contributed by atoms with van der Waals surface area (Å²) in [7, 11) is 2.19. The van der Waals surface area contributed by atoms with Gasteiger partial charge in [0.25, 0.3) is 0 Å². The van der Waals surface area contributed by atoms with E-state index >= 15 is 0 Å². The first-order chi connectivity index (χ1) is 6.33. The van der Waals surface area contributed by atoms with Crippen molar-refractivity contribution >= 4 is 5.69 Å². The van der Waals surface area contributed by atoms with Crippen LogP contribution in [0.5, 0.6) is 0 Å². The number of fused-ring (bicyclic) bond motifs is 1. The molecule has 0 saturated carbocycles. The van der Waals surface area contributed by atoms with Gasteiger partial charge in [0, 0.05) is 25.2 Å². The van der Waals surface area contributed by atoms with E-state index in [4.69, 9.17) is 0 Å². The number of hydrogen-bond donors (Lipinski definition) is 0. The molecule has 13 heavy (non-hydrogen) atoms. The Morgan fingerprint density at radius 1 is 1.38 bits per heavy atom. The second-order valence-electron chi connectivity index (χ2n) is 3.92. The number of rotatable bonds is 2. The van der Waals surface area contributed by atoms with Gasteiger partial charge in [-0.05, 0) is 18.1 Å². The molecule has 0 fully saturated rings. The average Bonchev–Trinajstić information content (AvgIpc) is 2.46. The molecule has 0 aliphatic carbocycles. The lowest BCUT2D eigenvalue weighted by atomic mass is 9.97. The van der Waals surface area contributed by atoms with E-state index in [1.165, 1.54) is 25.1 Å². The molecular weight excluding hydrogens is 158 g/mol. The van der Waals surface area contributed by atoms with E-state index in [2.05, 4.69) is 43.1 Å². The lowest BCUT2D eigenvalue weighted by Crippen LogP contribution is -2.15. The summed E-state index contributed by atoms with van der Waals surface area (Å²) in [5, 5.41) is 0. The third-order valence-electron chi connectivity index (χ3n) is 2.92. The molecule has 0 aromatic heterocycles. The van der Waals surface area contributed by atoms with Gasteiger partial charge in [0.1, 0.15) is 0 Å². The first kappa shape index (κ1) is 8.61. The highest BCUT2D eigenvalue weighted by Gasteiger charge is 2.24. The van der Waals surface area contributed by atoms with Crippen LogP contribution < -0.4 is 4.90 Å². The van der Waals surface area contributed by atoms with Gasteiger partial charge in [-0.25, -0.2) is 0 Å². The molecule has 1 heterocycles. The van der Waals surface area contributed by atoms with Crippen molar-refractivity contribution in [2.45, 2.75) is 25.7 Å². The van der Waals surface area contributed by atoms with Crippen molar-refractivity contribution < 1.29 is 0 Å². The molecule has 1 aromatic carbocycles. The summed E-state index contributed by atoms with van der Waals surface area (Å²) < 4.78 is 0. The summed E-state index contributed by atoms with van der Waals surface area (Å²) in [5.74, 6) is 0.770. The minimum Gasteiger partial charge on any atom is -0.374 e. The Labute approximate surface area is 80.4 Å². The topological polar surface area (TPSA) is 3.24 Å². The summed E-state index contributed by atoms with van der Waals surface area (Å²) >= 11 is 0. The second-order valence-corrected chi connectivity index (χ2v) is 3.92. The van der Waals surface area contributed by atoms with Gasteiger partial charge >= 0.3 is 0 Å². The number of hydrogen-bond acceptors (Lipinski definition) is 1. The largest absolute Gasteiger partial charge is 0.374 e. The van der Waals surface area contributed by atoms with E-state index in [-0.39, 0.29) is 0 Å². The lowest BCUT2D eigenvalue weighted by molar-refractivity contribution is 0.640. The maximum Gasteiger partial charge on any atom is 0.0399 e. The van der Waals surface area contributed by atoms with Gasteiger partial charge in [-0.1, -0.05) is 31.5 Å². The quantitative estimate of drug-likeness (QED) is 0.668. The van der Waals surface area contributed by atoms with E-state index in [1.807, 2.05) is 0 Å². The smallest absolute Gasteiger partial charge is 0.0399 e. The van der Waals surface area contributed by atoms with E-state index < -0.39 is 0 Å². The number of para-hydroxylation sites is 1. The van der Waals surface area contributed by atoms with Gasteiger partial charge in [0.05, 0.1) is 0 Å². The van der Waals surface area contributed by atoms with Crippen LogP contribution in [0.2, 0.25) is 0 Å². The van der Waals surface area contributed by atoms with Crippen molar-refractivity contribution in [3.05, 3.63) is 29.8 Å². The summed E-state index contributed by atoms with van der Waals surface area (Å²) in [5.41, 5.74) is 2.98. The highest BCUT2D eigenvalue weighted by Crippen LogP contribution is 2.37. The highest BCUT2D eigenvalue weighted by atomic mass is 15.1. The second kappa shape index (κ2) is 3.41. The van der Waals surface area contributed by atoms with Gasteiger partial charge in [-0.15, -0.1) is 0 Å². The van der Waals surface area contributed by atoms with Crippen LogP contribution in [-0.4, -0.2) is 13.6 Å². The molecule has 1 atom stereocenters. The van der Waals surface area contributed by atoms with E-state index in [0.29, 0.717) is 0 Å². The summed E-state index contributed by atoms with van der Waals surface area (Å²) in [6.45, 7) is 3.47. The van der Waals surface area contributed by atoms with Crippen LogP contribution in [0.4, 0.5) is 5.69 Å². The Bertz CT molecular complexity index is 293. The van der Waals surface area contributed by atoms with Gasteiger partial charge in [0.15, 0.2) is 0 Å². The summed E-state index contributed by atoms with van der Waals surface area (Å²) in [6, 6.07) is 8.79. The van der Waals surface area contributed by atoms with E-state index in [0.717, 1.165) is 5.92 Å². The van der Waals surface area contributed by atoms with Crippen molar-refractivity contribution in [1.29, 1.82) is 0 Å². The highest BCUT2D eigenvalue weighted by molar-refractivity contribution is 5.59. The molecule has 0 radical (unpaired) electrons. The fourth-order valence-electron chi connectivity index (χ4n) is 2.30. The van der Waals surface area contributed by atoms with Gasteiger partial charge < -0.3 is 4.90 Å². The average molecular weight is 175 g/mol. The van der Waals surface area contributed by atoms with Crippen LogP contribution >= 0.6 is 0 Å². The Kier molecular flexibility index (Phi) is 2.26. The SMILES string of the molecule is CCCC1CN(C)c2ccccc21. The van der Waals surface area contributed by atoms with Gasteiger partial charge in [-0.3, -0.25) is 0 Å². The van der Waals surface area contributed by atoms with Crippen LogP contribution in [0, 0.1) is 0 Å². The van der Waals surface area contributed by atoms with Crippen molar-refractivity contribution in [2.75, 3.05) is 18.5 Å². The normalized spacial score (nSPS) is 20.5. The van der Waals surface area contributed by atoms with Crippen LogP contribution in [0.15, 0.2) is 24.3 Å². The molecule has 1 unspecified atom stereocenters. The van der Waals surface area contributed by atoms with E-state index in [1.54, 1.807) is 5.56 Å². The predicted octanol–water partition coefficient (Wildman–Crippen LogP) is 3.02.